The van der Waals surface area contributed by atoms with Crippen molar-refractivity contribution in [1.29, 1.82) is 0 Å². The summed E-state index contributed by atoms with van der Waals surface area (Å²) < 4.78 is 1.87. The Bertz CT molecular complexity index is 443. The van der Waals surface area contributed by atoms with Gasteiger partial charge in [-0.15, -0.1) is 0 Å². The van der Waals surface area contributed by atoms with Crippen LogP contribution in [0.2, 0.25) is 0 Å². The van der Waals surface area contributed by atoms with Crippen LogP contribution in [0.5, 0.6) is 0 Å². The fourth-order valence-electron chi connectivity index (χ4n) is 1.53. The van der Waals surface area contributed by atoms with E-state index >= 15 is 0 Å². The van der Waals surface area contributed by atoms with Crippen molar-refractivity contribution in [3.05, 3.63) is 47.8 Å². The van der Waals surface area contributed by atoms with E-state index in [2.05, 4.69) is 5.10 Å². The van der Waals surface area contributed by atoms with Crippen molar-refractivity contribution in [2.24, 2.45) is 0 Å². The minimum atomic E-state index is -0.419. The van der Waals surface area contributed by atoms with Gasteiger partial charge in [-0.1, -0.05) is 12.1 Å². The van der Waals surface area contributed by atoms with Crippen LogP contribution in [0.4, 0.5) is 0 Å². The van der Waals surface area contributed by atoms with E-state index in [4.69, 9.17) is 0 Å². The third-order valence-electron chi connectivity index (χ3n) is 2.45. The van der Waals surface area contributed by atoms with Gasteiger partial charge in [-0.2, -0.15) is 5.10 Å². The Labute approximate surface area is 89.0 Å². The monoisotopic (exact) mass is 202 g/mol. The Balaban J connectivity index is 2.36. The number of hydrogen-bond acceptors (Lipinski definition) is 2. The fraction of sp³-hybridized carbons (Fsp3) is 0.250. The summed E-state index contributed by atoms with van der Waals surface area (Å²) >= 11 is 0. The highest BCUT2D eigenvalue weighted by Crippen LogP contribution is 2.15. The van der Waals surface area contributed by atoms with Crippen molar-refractivity contribution < 1.29 is 5.11 Å². The lowest BCUT2D eigenvalue weighted by Gasteiger charge is -2.07. The highest BCUT2D eigenvalue weighted by atomic mass is 16.3. The van der Waals surface area contributed by atoms with Crippen LogP contribution in [0.3, 0.4) is 0 Å². The molecule has 78 valence electrons. The molecule has 1 unspecified atom stereocenters. The minimum Gasteiger partial charge on any atom is -0.389 e. The van der Waals surface area contributed by atoms with Crippen LogP contribution in [0, 0.1) is 6.92 Å². The van der Waals surface area contributed by atoms with Crippen molar-refractivity contribution in [1.82, 2.24) is 9.78 Å². The van der Waals surface area contributed by atoms with Crippen LogP contribution in [0.25, 0.3) is 5.69 Å². The summed E-state index contributed by atoms with van der Waals surface area (Å²) in [5.41, 5.74) is 3.03. The van der Waals surface area contributed by atoms with Gasteiger partial charge < -0.3 is 5.11 Å². The Morgan fingerprint density at radius 3 is 2.33 bits per heavy atom. The summed E-state index contributed by atoms with van der Waals surface area (Å²) in [5, 5.41) is 13.6. The zero-order valence-corrected chi connectivity index (χ0v) is 8.88. The third-order valence-corrected chi connectivity index (χ3v) is 2.45. The Hall–Kier alpha value is -1.61. The SMILES string of the molecule is Cc1ccnn1-c1ccc(C(C)O)cc1. The lowest BCUT2D eigenvalue weighted by molar-refractivity contribution is 0.199. The molecular formula is C12H14N2O. The molecule has 1 aromatic heterocycles. The second kappa shape index (κ2) is 3.87. The second-order valence-electron chi connectivity index (χ2n) is 3.65. The van der Waals surface area contributed by atoms with E-state index in [-0.39, 0.29) is 0 Å². The maximum Gasteiger partial charge on any atom is 0.0761 e. The first-order valence-corrected chi connectivity index (χ1v) is 4.97. The van der Waals surface area contributed by atoms with Crippen LogP contribution >= 0.6 is 0 Å². The molecule has 0 aliphatic carbocycles. The van der Waals surface area contributed by atoms with Crippen molar-refractivity contribution in [3.63, 3.8) is 0 Å². The van der Waals surface area contributed by atoms with Gasteiger partial charge in [0.25, 0.3) is 0 Å². The number of aliphatic hydroxyl groups excluding tert-OH is 1. The lowest BCUT2D eigenvalue weighted by atomic mass is 10.1. The van der Waals surface area contributed by atoms with Crippen LogP contribution in [0.15, 0.2) is 36.5 Å². The van der Waals surface area contributed by atoms with Crippen molar-refractivity contribution in [2.45, 2.75) is 20.0 Å². The Morgan fingerprint density at radius 2 is 1.87 bits per heavy atom. The quantitative estimate of drug-likeness (QED) is 0.811. The van der Waals surface area contributed by atoms with E-state index in [0.717, 1.165) is 16.9 Å². The van der Waals surface area contributed by atoms with E-state index < -0.39 is 6.10 Å². The van der Waals surface area contributed by atoms with Crippen LogP contribution in [0.1, 0.15) is 24.3 Å². The van der Waals surface area contributed by atoms with Gasteiger partial charge in [0.1, 0.15) is 0 Å². The van der Waals surface area contributed by atoms with Gasteiger partial charge >= 0.3 is 0 Å². The predicted molar refractivity (Wildman–Crippen MR) is 58.9 cm³/mol. The molecule has 0 saturated heterocycles. The molecule has 0 bridgehead atoms. The van der Waals surface area contributed by atoms with Crippen LogP contribution in [-0.4, -0.2) is 14.9 Å². The smallest absolute Gasteiger partial charge is 0.0761 e. The molecule has 0 spiro atoms. The Kier molecular flexibility index (Phi) is 2.56. The fourth-order valence-corrected chi connectivity index (χ4v) is 1.53. The molecule has 1 aromatic carbocycles. The molecule has 1 heterocycles. The van der Waals surface area contributed by atoms with E-state index in [1.807, 2.05) is 41.9 Å². The molecule has 0 radical (unpaired) electrons. The molecular weight excluding hydrogens is 188 g/mol. The molecule has 0 aliphatic heterocycles. The highest BCUT2D eigenvalue weighted by Gasteiger charge is 2.03. The van der Waals surface area contributed by atoms with Crippen molar-refractivity contribution in [2.75, 3.05) is 0 Å². The molecule has 0 aliphatic rings. The third kappa shape index (κ3) is 1.92. The van der Waals surface area contributed by atoms with Gasteiger partial charge in [0, 0.05) is 11.9 Å². The van der Waals surface area contributed by atoms with Gasteiger partial charge in [-0.05, 0) is 37.6 Å². The zero-order chi connectivity index (χ0) is 10.8. The normalized spacial score (nSPS) is 12.7. The Morgan fingerprint density at radius 1 is 1.20 bits per heavy atom. The number of benzene rings is 1. The molecule has 3 heteroatoms. The van der Waals surface area contributed by atoms with Gasteiger partial charge in [0.15, 0.2) is 0 Å². The molecule has 2 aromatic rings. The number of aromatic nitrogens is 2. The molecule has 1 N–H and O–H groups in total. The number of aliphatic hydroxyl groups is 1. The average Bonchev–Trinajstić information content (AvgIpc) is 2.65. The summed E-state index contributed by atoms with van der Waals surface area (Å²) in [4.78, 5) is 0. The highest BCUT2D eigenvalue weighted by molar-refractivity contribution is 5.35. The number of rotatable bonds is 2. The molecule has 0 amide bonds. The predicted octanol–water partition coefficient (Wildman–Crippen LogP) is 2.23. The first kappa shape index (κ1) is 9.93. The van der Waals surface area contributed by atoms with E-state index in [9.17, 15) is 5.11 Å². The van der Waals surface area contributed by atoms with E-state index in [1.165, 1.54) is 0 Å². The topological polar surface area (TPSA) is 38.0 Å². The number of hydrogen-bond donors (Lipinski definition) is 1. The summed E-state index contributed by atoms with van der Waals surface area (Å²) in [6.07, 6.45) is 1.36. The zero-order valence-electron chi connectivity index (χ0n) is 8.88. The van der Waals surface area contributed by atoms with Crippen molar-refractivity contribution in [3.8, 4) is 5.69 Å². The number of aryl methyl sites for hydroxylation is 1. The number of nitrogens with zero attached hydrogens (tertiary/aromatic N) is 2. The molecule has 15 heavy (non-hydrogen) atoms. The van der Waals surface area contributed by atoms with E-state index in [1.54, 1.807) is 13.1 Å². The summed E-state index contributed by atoms with van der Waals surface area (Å²) in [7, 11) is 0. The van der Waals surface area contributed by atoms with Gasteiger partial charge in [0.2, 0.25) is 0 Å². The maximum absolute atomic E-state index is 9.38. The van der Waals surface area contributed by atoms with Crippen LogP contribution in [-0.2, 0) is 0 Å². The first-order valence-electron chi connectivity index (χ1n) is 4.97. The van der Waals surface area contributed by atoms with Gasteiger partial charge in [0.05, 0.1) is 11.8 Å². The van der Waals surface area contributed by atoms with Gasteiger partial charge in [-0.25, -0.2) is 4.68 Å². The molecule has 0 saturated carbocycles. The first-order chi connectivity index (χ1) is 7.18. The second-order valence-corrected chi connectivity index (χ2v) is 3.65. The summed E-state index contributed by atoms with van der Waals surface area (Å²) in [6.45, 7) is 3.77. The minimum absolute atomic E-state index is 0.419. The summed E-state index contributed by atoms with van der Waals surface area (Å²) in [6, 6.07) is 9.72. The van der Waals surface area contributed by atoms with E-state index in [0.29, 0.717) is 0 Å². The van der Waals surface area contributed by atoms with Gasteiger partial charge in [-0.3, -0.25) is 0 Å². The van der Waals surface area contributed by atoms with Crippen molar-refractivity contribution >= 4 is 0 Å². The average molecular weight is 202 g/mol. The summed E-state index contributed by atoms with van der Waals surface area (Å²) in [5.74, 6) is 0. The standard InChI is InChI=1S/C12H14N2O/c1-9-7-8-13-14(9)12-5-3-11(4-6-12)10(2)15/h3-8,10,15H,1-2H3. The molecule has 2 rings (SSSR count). The molecule has 0 fully saturated rings. The molecule has 3 nitrogen and oxygen atoms in total. The molecule has 1 atom stereocenters. The largest absolute Gasteiger partial charge is 0.389 e. The maximum atomic E-state index is 9.38. The lowest BCUT2D eigenvalue weighted by Crippen LogP contribution is -1.99. The van der Waals surface area contributed by atoms with Crippen LogP contribution < -0.4 is 0 Å².